The predicted octanol–water partition coefficient (Wildman–Crippen LogP) is 3.97. The number of benzene rings is 1. The summed E-state index contributed by atoms with van der Waals surface area (Å²) in [6, 6.07) is 10.7. The quantitative estimate of drug-likeness (QED) is 0.810. The Bertz CT molecular complexity index is 540. The number of ether oxygens (including phenoxy) is 1. The first-order chi connectivity index (χ1) is 9.16. The third-order valence-corrected chi connectivity index (χ3v) is 3.00. The number of hydrogen-bond acceptors (Lipinski definition) is 2. The van der Waals surface area contributed by atoms with Crippen LogP contribution in [0.25, 0.3) is 0 Å². The minimum Gasteiger partial charge on any atom is -0.477 e. The summed E-state index contributed by atoms with van der Waals surface area (Å²) in [6.07, 6.45) is 2.29. The van der Waals surface area contributed by atoms with Gasteiger partial charge in [-0.3, -0.25) is 0 Å². The Morgan fingerprint density at radius 2 is 2.00 bits per heavy atom. The molecule has 1 aromatic heterocycles. The van der Waals surface area contributed by atoms with E-state index in [0.717, 1.165) is 0 Å². The van der Waals surface area contributed by atoms with E-state index in [2.05, 4.69) is 18.8 Å². The smallest absolute Gasteiger partial charge is 0.213 e. The van der Waals surface area contributed by atoms with Crippen molar-refractivity contribution in [2.24, 2.45) is 0 Å². The van der Waals surface area contributed by atoms with Crippen LogP contribution in [-0.4, -0.2) is 11.6 Å². The Kier molecular flexibility index (Phi) is 4.50. The molecule has 0 bridgehead atoms. The molecule has 100 valence electrons. The van der Waals surface area contributed by atoms with Crippen molar-refractivity contribution in [2.75, 3.05) is 6.61 Å². The lowest BCUT2D eigenvalue weighted by Gasteiger charge is -2.09. The molecule has 0 aliphatic carbocycles. The molecular formula is C16H18FNO. The van der Waals surface area contributed by atoms with Gasteiger partial charge in [-0.15, -0.1) is 0 Å². The van der Waals surface area contributed by atoms with E-state index in [1.54, 1.807) is 18.3 Å². The molecule has 19 heavy (non-hydrogen) atoms. The molecule has 1 heterocycles. The molecule has 0 aliphatic heterocycles. The summed E-state index contributed by atoms with van der Waals surface area (Å²) in [5, 5.41) is 0. The minimum absolute atomic E-state index is 0.185. The minimum atomic E-state index is -0.185. The van der Waals surface area contributed by atoms with Crippen molar-refractivity contribution in [3.63, 3.8) is 0 Å². The number of rotatable bonds is 5. The van der Waals surface area contributed by atoms with E-state index in [9.17, 15) is 4.39 Å². The molecule has 0 unspecified atom stereocenters. The molecular weight excluding hydrogens is 241 g/mol. The number of halogens is 1. The van der Waals surface area contributed by atoms with Gasteiger partial charge in [0.15, 0.2) is 0 Å². The first-order valence-corrected chi connectivity index (χ1v) is 6.49. The fourth-order valence-electron chi connectivity index (χ4n) is 1.83. The molecule has 3 heteroatoms. The summed E-state index contributed by atoms with van der Waals surface area (Å²) >= 11 is 0. The molecule has 0 saturated heterocycles. The van der Waals surface area contributed by atoms with Gasteiger partial charge in [0.1, 0.15) is 5.82 Å². The average molecular weight is 259 g/mol. The van der Waals surface area contributed by atoms with E-state index in [-0.39, 0.29) is 5.82 Å². The van der Waals surface area contributed by atoms with Gasteiger partial charge in [0, 0.05) is 18.7 Å². The van der Waals surface area contributed by atoms with Crippen LogP contribution in [0.2, 0.25) is 0 Å². The van der Waals surface area contributed by atoms with Crippen molar-refractivity contribution in [3.8, 4) is 5.88 Å². The Morgan fingerprint density at radius 3 is 2.74 bits per heavy atom. The monoisotopic (exact) mass is 259 g/mol. The zero-order chi connectivity index (χ0) is 13.7. The summed E-state index contributed by atoms with van der Waals surface area (Å²) < 4.78 is 19.0. The van der Waals surface area contributed by atoms with Gasteiger partial charge in [-0.2, -0.15) is 0 Å². The summed E-state index contributed by atoms with van der Waals surface area (Å²) in [5.41, 5.74) is 1.86. The van der Waals surface area contributed by atoms with Crippen molar-refractivity contribution >= 4 is 0 Å². The van der Waals surface area contributed by atoms with Crippen LogP contribution >= 0.6 is 0 Å². The van der Waals surface area contributed by atoms with Crippen LogP contribution < -0.4 is 4.74 Å². The lowest BCUT2D eigenvalue weighted by Crippen LogP contribution is -2.04. The van der Waals surface area contributed by atoms with Gasteiger partial charge in [0.2, 0.25) is 5.88 Å². The number of hydrogen-bond donors (Lipinski definition) is 0. The molecule has 0 aliphatic rings. The molecule has 2 aromatic rings. The molecule has 1 aromatic carbocycles. The average Bonchev–Trinajstić information content (AvgIpc) is 2.41. The highest BCUT2D eigenvalue weighted by Crippen LogP contribution is 2.18. The molecule has 2 rings (SSSR count). The van der Waals surface area contributed by atoms with Crippen LogP contribution in [0.1, 0.15) is 30.9 Å². The highest BCUT2D eigenvalue weighted by atomic mass is 19.1. The summed E-state index contributed by atoms with van der Waals surface area (Å²) in [4.78, 5) is 4.16. The molecule has 0 fully saturated rings. The molecule has 0 atom stereocenters. The van der Waals surface area contributed by atoms with E-state index < -0.39 is 0 Å². The second kappa shape index (κ2) is 6.32. The number of aromatic nitrogens is 1. The maximum atomic E-state index is 13.4. The Morgan fingerprint density at radius 1 is 1.21 bits per heavy atom. The van der Waals surface area contributed by atoms with Crippen molar-refractivity contribution in [1.82, 2.24) is 4.98 Å². The van der Waals surface area contributed by atoms with Crippen molar-refractivity contribution < 1.29 is 9.13 Å². The van der Waals surface area contributed by atoms with Gasteiger partial charge in [-0.05, 0) is 29.2 Å². The molecule has 0 amide bonds. The van der Waals surface area contributed by atoms with E-state index in [1.807, 2.05) is 18.2 Å². The molecule has 0 spiro atoms. The van der Waals surface area contributed by atoms with E-state index in [4.69, 9.17) is 4.74 Å². The standard InChI is InChI=1S/C16H18FNO/c1-12(2)14-7-9-18-16(11-14)19-10-8-13-5-3-4-6-15(13)17/h3-7,9,11-12H,8,10H2,1-2H3. The highest BCUT2D eigenvalue weighted by Gasteiger charge is 2.04. The molecule has 0 radical (unpaired) electrons. The SMILES string of the molecule is CC(C)c1ccnc(OCCc2ccccc2F)c1. The van der Waals surface area contributed by atoms with Crippen molar-refractivity contribution in [1.29, 1.82) is 0 Å². The zero-order valence-corrected chi connectivity index (χ0v) is 11.3. The van der Waals surface area contributed by atoms with Crippen LogP contribution in [0.4, 0.5) is 4.39 Å². The van der Waals surface area contributed by atoms with E-state index in [1.165, 1.54) is 11.6 Å². The predicted molar refractivity (Wildman–Crippen MR) is 73.9 cm³/mol. The molecule has 0 N–H and O–H groups in total. The van der Waals surface area contributed by atoms with Gasteiger partial charge < -0.3 is 4.74 Å². The van der Waals surface area contributed by atoms with Crippen molar-refractivity contribution in [2.45, 2.75) is 26.2 Å². The second-order valence-corrected chi connectivity index (χ2v) is 4.77. The summed E-state index contributed by atoms with van der Waals surface area (Å²) in [7, 11) is 0. The highest BCUT2D eigenvalue weighted by molar-refractivity contribution is 5.23. The van der Waals surface area contributed by atoms with Crippen LogP contribution in [0.5, 0.6) is 5.88 Å². The van der Waals surface area contributed by atoms with Gasteiger partial charge in [0.25, 0.3) is 0 Å². The van der Waals surface area contributed by atoms with Crippen molar-refractivity contribution in [3.05, 3.63) is 59.5 Å². The fourth-order valence-corrected chi connectivity index (χ4v) is 1.83. The summed E-state index contributed by atoms with van der Waals surface area (Å²) in [6.45, 7) is 4.67. The normalized spacial score (nSPS) is 10.7. The lowest BCUT2D eigenvalue weighted by atomic mass is 10.1. The fraction of sp³-hybridized carbons (Fsp3) is 0.312. The molecule has 2 nitrogen and oxygen atoms in total. The number of pyridine rings is 1. The van der Waals surface area contributed by atoms with Gasteiger partial charge in [-0.1, -0.05) is 32.0 Å². The third-order valence-electron chi connectivity index (χ3n) is 3.00. The van der Waals surface area contributed by atoms with Crippen LogP contribution in [-0.2, 0) is 6.42 Å². The van der Waals surface area contributed by atoms with Gasteiger partial charge in [-0.25, -0.2) is 9.37 Å². The first kappa shape index (κ1) is 13.5. The largest absolute Gasteiger partial charge is 0.477 e. The maximum Gasteiger partial charge on any atom is 0.213 e. The third kappa shape index (κ3) is 3.78. The van der Waals surface area contributed by atoms with E-state index in [0.29, 0.717) is 30.4 Å². The maximum absolute atomic E-state index is 13.4. The van der Waals surface area contributed by atoms with E-state index >= 15 is 0 Å². The van der Waals surface area contributed by atoms with Crippen LogP contribution in [0.15, 0.2) is 42.6 Å². The topological polar surface area (TPSA) is 22.1 Å². The Hall–Kier alpha value is -1.90. The van der Waals surface area contributed by atoms with Crippen LogP contribution in [0, 0.1) is 5.82 Å². The molecule has 0 saturated carbocycles. The zero-order valence-electron chi connectivity index (χ0n) is 11.3. The second-order valence-electron chi connectivity index (χ2n) is 4.77. The van der Waals surface area contributed by atoms with Gasteiger partial charge in [0.05, 0.1) is 6.61 Å². The summed E-state index contributed by atoms with van der Waals surface area (Å²) in [5.74, 6) is 0.856. The Balaban J connectivity index is 1.93. The van der Waals surface area contributed by atoms with Crippen LogP contribution in [0.3, 0.4) is 0 Å². The first-order valence-electron chi connectivity index (χ1n) is 6.49. The number of nitrogens with zero attached hydrogens (tertiary/aromatic N) is 1. The lowest BCUT2D eigenvalue weighted by molar-refractivity contribution is 0.307. The van der Waals surface area contributed by atoms with Gasteiger partial charge >= 0.3 is 0 Å². The Labute approximate surface area is 113 Å².